The molecule has 0 bridgehead atoms. The van der Waals surface area contributed by atoms with Gasteiger partial charge in [0.05, 0.1) is 33.9 Å². The van der Waals surface area contributed by atoms with Gasteiger partial charge in [0.15, 0.2) is 5.82 Å². The highest BCUT2D eigenvalue weighted by Gasteiger charge is 2.31. The standard InChI is InChI=1S/C21H22ClF2N5O3S/c1-3-12-8-9-29(10-12)33(31,32)27-15-5-4-13(23)20(18(15)22)26-16-7-6-14-17(19(16)24)21(30)28(2)11-25-14/h4-7,11-12,26-27H,3,8-10H2,1-2H3/t12-/m1/s1. The first-order valence-corrected chi connectivity index (χ1v) is 12.1. The molecule has 2 heterocycles. The molecule has 12 heteroatoms. The molecule has 0 saturated carbocycles. The molecule has 2 aromatic carbocycles. The Morgan fingerprint density at radius 2 is 1.94 bits per heavy atom. The maximum atomic E-state index is 15.1. The van der Waals surface area contributed by atoms with Crippen molar-refractivity contribution in [1.29, 1.82) is 0 Å². The Morgan fingerprint density at radius 1 is 1.21 bits per heavy atom. The van der Waals surface area contributed by atoms with Crippen molar-refractivity contribution in [3.8, 4) is 0 Å². The van der Waals surface area contributed by atoms with Crippen molar-refractivity contribution in [2.75, 3.05) is 23.1 Å². The van der Waals surface area contributed by atoms with Crippen LogP contribution in [0.2, 0.25) is 5.02 Å². The molecule has 1 fully saturated rings. The number of hydrogen-bond donors (Lipinski definition) is 2. The van der Waals surface area contributed by atoms with E-state index in [-0.39, 0.29) is 38.9 Å². The molecule has 0 amide bonds. The van der Waals surface area contributed by atoms with Crippen LogP contribution >= 0.6 is 11.6 Å². The van der Waals surface area contributed by atoms with Crippen molar-refractivity contribution in [2.24, 2.45) is 13.0 Å². The molecule has 1 atom stereocenters. The van der Waals surface area contributed by atoms with Gasteiger partial charge < -0.3 is 9.88 Å². The van der Waals surface area contributed by atoms with Crippen molar-refractivity contribution in [3.63, 3.8) is 0 Å². The highest BCUT2D eigenvalue weighted by molar-refractivity contribution is 7.90. The maximum Gasteiger partial charge on any atom is 0.301 e. The Morgan fingerprint density at radius 3 is 2.64 bits per heavy atom. The first-order valence-electron chi connectivity index (χ1n) is 10.3. The summed E-state index contributed by atoms with van der Waals surface area (Å²) in [7, 11) is -2.47. The molecule has 1 saturated heterocycles. The van der Waals surface area contributed by atoms with Crippen LogP contribution in [0.5, 0.6) is 0 Å². The van der Waals surface area contributed by atoms with E-state index in [1.165, 1.54) is 35.9 Å². The number of anilines is 3. The topological polar surface area (TPSA) is 96.3 Å². The van der Waals surface area contributed by atoms with E-state index in [1.807, 2.05) is 6.92 Å². The van der Waals surface area contributed by atoms with Crippen LogP contribution in [0.15, 0.2) is 35.4 Å². The van der Waals surface area contributed by atoms with E-state index in [0.717, 1.165) is 23.5 Å². The second-order valence-electron chi connectivity index (χ2n) is 7.92. The van der Waals surface area contributed by atoms with Gasteiger partial charge in [-0.1, -0.05) is 24.9 Å². The fourth-order valence-corrected chi connectivity index (χ4v) is 5.42. The summed E-state index contributed by atoms with van der Waals surface area (Å²) in [6.45, 7) is 2.77. The smallest absolute Gasteiger partial charge is 0.301 e. The highest BCUT2D eigenvalue weighted by Crippen LogP contribution is 2.37. The summed E-state index contributed by atoms with van der Waals surface area (Å²) in [5.41, 5.74) is -1.06. The van der Waals surface area contributed by atoms with Gasteiger partial charge in [-0.05, 0) is 36.6 Å². The zero-order chi connectivity index (χ0) is 23.9. The minimum absolute atomic E-state index is 0.0562. The van der Waals surface area contributed by atoms with E-state index in [4.69, 9.17) is 11.6 Å². The van der Waals surface area contributed by atoms with Gasteiger partial charge >= 0.3 is 10.2 Å². The number of nitrogens with zero attached hydrogens (tertiary/aromatic N) is 3. The third-order valence-corrected chi connectivity index (χ3v) is 7.66. The van der Waals surface area contributed by atoms with Crippen LogP contribution in [-0.2, 0) is 17.3 Å². The Labute approximate surface area is 194 Å². The quantitative estimate of drug-likeness (QED) is 0.536. The second-order valence-corrected chi connectivity index (χ2v) is 9.97. The lowest BCUT2D eigenvalue weighted by atomic mass is 10.1. The van der Waals surface area contributed by atoms with E-state index in [1.54, 1.807) is 0 Å². The summed E-state index contributed by atoms with van der Waals surface area (Å²) in [5.74, 6) is -1.47. The first kappa shape index (κ1) is 23.4. The molecule has 0 unspecified atom stereocenters. The van der Waals surface area contributed by atoms with Crippen LogP contribution in [0.1, 0.15) is 19.8 Å². The van der Waals surface area contributed by atoms with Gasteiger partial charge in [-0.25, -0.2) is 13.8 Å². The average Bonchev–Trinajstić information content (AvgIpc) is 3.27. The minimum atomic E-state index is -3.91. The summed E-state index contributed by atoms with van der Waals surface area (Å²) in [5, 5.41) is 2.01. The van der Waals surface area contributed by atoms with Crippen molar-refractivity contribution in [3.05, 3.63) is 57.6 Å². The van der Waals surface area contributed by atoms with Gasteiger partial charge in [0.25, 0.3) is 5.56 Å². The molecule has 0 aliphatic carbocycles. The molecule has 176 valence electrons. The lowest BCUT2D eigenvalue weighted by Gasteiger charge is -2.20. The third-order valence-electron chi connectivity index (χ3n) is 5.78. The molecule has 1 aliphatic rings. The maximum absolute atomic E-state index is 15.1. The number of fused-ring (bicyclic) bond motifs is 1. The number of nitrogens with one attached hydrogen (secondary N) is 2. The van der Waals surface area contributed by atoms with Crippen molar-refractivity contribution >= 4 is 49.8 Å². The molecule has 33 heavy (non-hydrogen) atoms. The molecule has 1 aliphatic heterocycles. The number of rotatable bonds is 6. The fourth-order valence-electron chi connectivity index (χ4n) is 3.78. The normalized spacial score (nSPS) is 16.9. The van der Waals surface area contributed by atoms with Gasteiger partial charge in [0.2, 0.25) is 0 Å². The van der Waals surface area contributed by atoms with Gasteiger partial charge in [-0.15, -0.1) is 0 Å². The fraction of sp³-hybridized carbons (Fsp3) is 0.333. The number of aromatic nitrogens is 2. The SMILES string of the molecule is CC[C@@H]1CCN(S(=O)(=O)Nc2ccc(F)c(Nc3ccc4ncn(C)c(=O)c4c3F)c2Cl)C1. The van der Waals surface area contributed by atoms with E-state index in [0.29, 0.717) is 13.1 Å². The van der Waals surface area contributed by atoms with Crippen LogP contribution in [-0.4, -0.2) is 35.4 Å². The predicted molar refractivity (Wildman–Crippen MR) is 124 cm³/mol. The lowest BCUT2D eigenvalue weighted by molar-refractivity contribution is 0.457. The molecule has 1 aromatic heterocycles. The van der Waals surface area contributed by atoms with E-state index < -0.39 is 27.4 Å². The van der Waals surface area contributed by atoms with Gasteiger partial charge in [-0.3, -0.25) is 9.52 Å². The zero-order valence-corrected chi connectivity index (χ0v) is 19.5. The van der Waals surface area contributed by atoms with Crippen LogP contribution in [0.4, 0.5) is 25.8 Å². The molecule has 0 radical (unpaired) electrons. The van der Waals surface area contributed by atoms with E-state index in [9.17, 15) is 17.6 Å². The third kappa shape index (κ3) is 4.40. The molecule has 8 nitrogen and oxygen atoms in total. The lowest BCUT2D eigenvalue weighted by Crippen LogP contribution is -2.34. The van der Waals surface area contributed by atoms with Crippen molar-refractivity contribution in [2.45, 2.75) is 19.8 Å². The van der Waals surface area contributed by atoms with E-state index >= 15 is 4.39 Å². The second kappa shape index (κ2) is 8.88. The summed E-state index contributed by atoms with van der Waals surface area (Å²) in [6, 6.07) is 4.93. The summed E-state index contributed by atoms with van der Waals surface area (Å²) in [4.78, 5) is 16.3. The molecular weight excluding hydrogens is 476 g/mol. The Bertz CT molecular complexity index is 1400. The number of aryl methyl sites for hydroxylation is 1. The predicted octanol–water partition coefficient (Wildman–Crippen LogP) is 4.00. The number of benzene rings is 2. The van der Waals surface area contributed by atoms with Crippen LogP contribution in [0.25, 0.3) is 10.9 Å². The van der Waals surface area contributed by atoms with Gasteiger partial charge in [-0.2, -0.15) is 12.7 Å². The Hall–Kier alpha value is -2.76. The molecule has 3 aromatic rings. The molecule has 0 spiro atoms. The number of hydrogen-bond acceptors (Lipinski definition) is 5. The number of halogens is 3. The van der Waals surface area contributed by atoms with E-state index in [2.05, 4.69) is 15.0 Å². The minimum Gasteiger partial charge on any atom is -0.349 e. The van der Waals surface area contributed by atoms with Crippen LogP contribution < -0.4 is 15.6 Å². The highest BCUT2D eigenvalue weighted by atomic mass is 35.5. The Kier molecular flexibility index (Phi) is 6.30. The van der Waals surface area contributed by atoms with Crippen LogP contribution in [0, 0.1) is 17.6 Å². The zero-order valence-electron chi connectivity index (χ0n) is 17.9. The summed E-state index contributed by atoms with van der Waals surface area (Å²) >= 11 is 6.31. The van der Waals surface area contributed by atoms with Crippen LogP contribution in [0.3, 0.4) is 0 Å². The molecular formula is C21H22ClF2N5O3S. The summed E-state index contributed by atoms with van der Waals surface area (Å²) in [6.07, 6.45) is 2.90. The largest absolute Gasteiger partial charge is 0.349 e. The van der Waals surface area contributed by atoms with Crippen molar-refractivity contribution in [1.82, 2.24) is 13.9 Å². The average molecular weight is 498 g/mol. The summed E-state index contributed by atoms with van der Waals surface area (Å²) < 4.78 is 60.1. The Balaban J connectivity index is 1.68. The van der Waals surface area contributed by atoms with Gasteiger partial charge in [0.1, 0.15) is 11.2 Å². The van der Waals surface area contributed by atoms with Crippen molar-refractivity contribution < 1.29 is 17.2 Å². The molecule has 2 N–H and O–H groups in total. The van der Waals surface area contributed by atoms with Gasteiger partial charge in [0, 0.05) is 20.1 Å². The first-order chi connectivity index (χ1) is 15.6. The molecule has 4 rings (SSSR count). The monoisotopic (exact) mass is 497 g/mol.